The molecule has 0 aliphatic rings. The first-order valence-corrected chi connectivity index (χ1v) is 6.77. The average Bonchev–Trinajstić information content (AvgIpc) is 2.34. The zero-order valence-electron chi connectivity index (χ0n) is 10.6. The second-order valence-corrected chi connectivity index (χ2v) is 5.16. The molecule has 0 bridgehead atoms. The molecule has 0 fully saturated rings. The summed E-state index contributed by atoms with van der Waals surface area (Å²) in [5.41, 5.74) is 0.643. The smallest absolute Gasteiger partial charge is 0.255 e. The standard InChI is InChI=1S/C13H19BrN2O/c1-4-10(3)9-16(5-2)13(17)11-6-12(14)8-15-7-11/h6-8,10H,4-5,9H2,1-3H3. The van der Waals surface area contributed by atoms with Crippen LogP contribution in [0.4, 0.5) is 0 Å². The van der Waals surface area contributed by atoms with Crippen molar-refractivity contribution in [1.29, 1.82) is 0 Å². The summed E-state index contributed by atoms with van der Waals surface area (Å²) < 4.78 is 0.836. The Labute approximate surface area is 111 Å². The molecule has 0 aromatic carbocycles. The summed E-state index contributed by atoms with van der Waals surface area (Å²) in [5.74, 6) is 0.584. The van der Waals surface area contributed by atoms with Gasteiger partial charge >= 0.3 is 0 Å². The second kappa shape index (κ2) is 6.74. The van der Waals surface area contributed by atoms with E-state index in [1.807, 2.05) is 17.9 Å². The van der Waals surface area contributed by atoms with E-state index in [4.69, 9.17) is 0 Å². The van der Waals surface area contributed by atoms with Crippen molar-refractivity contribution in [2.24, 2.45) is 5.92 Å². The maximum atomic E-state index is 12.2. The molecular weight excluding hydrogens is 280 g/mol. The molecule has 1 atom stereocenters. The Morgan fingerprint density at radius 2 is 2.18 bits per heavy atom. The van der Waals surface area contributed by atoms with Gasteiger partial charge < -0.3 is 4.90 Å². The number of hydrogen-bond acceptors (Lipinski definition) is 2. The molecule has 0 N–H and O–H groups in total. The number of hydrogen-bond donors (Lipinski definition) is 0. The highest BCUT2D eigenvalue weighted by molar-refractivity contribution is 9.10. The largest absolute Gasteiger partial charge is 0.339 e. The van der Waals surface area contributed by atoms with E-state index in [1.54, 1.807) is 12.4 Å². The Morgan fingerprint density at radius 1 is 1.47 bits per heavy atom. The van der Waals surface area contributed by atoms with E-state index >= 15 is 0 Å². The van der Waals surface area contributed by atoms with Crippen LogP contribution in [0.3, 0.4) is 0 Å². The zero-order valence-corrected chi connectivity index (χ0v) is 12.2. The molecule has 1 heterocycles. The molecule has 1 amide bonds. The van der Waals surface area contributed by atoms with Crippen LogP contribution in [-0.4, -0.2) is 28.9 Å². The molecule has 0 saturated carbocycles. The summed E-state index contributed by atoms with van der Waals surface area (Å²) in [7, 11) is 0. The van der Waals surface area contributed by atoms with E-state index < -0.39 is 0 Å². The second-order valence-electron chi connectivity index (χ2n) is 4.25. The third-order valence-corrected chi connectivity index (χ3v) is 3.28. The summed E-state index contributed by atoms with van der Waals surface area (Å²) >= 11 is 3.33. The topological polar surface area (TPSA) is 33.2 Å². The summed E-state index contributed by atoms with van der Waals surface area (Å²) in [4.78, 5) is 18.1. The van der Waals surface area contributed by atoms with Crippen LogP contribution in [0.2, 0.25) is 0 Å². The normalized spacial score (nSPS) is 12.2. The molecule has 0 aliphatic heterocycles. The predicted molar refractivity (Wildman–Crippen MR) is 73.0 cm³/mol. The highest BCUT2D eigenvalue weighted by atomic mass is 79.9. The monoisotopic (exact) mass is 298 g/mol. The number of carbonyl (C=O) groups excluding carboxylic acids is 1. The van der Waals surface area contributed by atoms with E-state index in [2.05, 4.69) is 34.8 Å². The number of aromatic nitrogens is 1. The molecule has 1 rings (SSSR count). The van der Waals surface area contributed by atoms with Gasteiger partial charge in [-0.3, -0.25) is 9.78 Å². The number of rotatable bonds is 5. The minimum atomic E-state index is 0.0570. The first-order valence-electron chi connectivity index (χ1n) is 5.98. The van der Waals surface area contributed by atoms with Gasteiger partial charge in [-0.1, -0.05) is 20.3 Å². The Kier molecular flexibility index (Phi) is 5.62. The van der Waals surface area contributed by atoms with Crippen molar-refractivity contribution < 1.29 is 4.79 Å². The van der Waals surface area contributed by atoms with Crippen LogP contribution in [-0.2, 0) is 0 Å². The highest BCUT2D eigenvalue weighted by Gasteiger charge is 2.16. The van der Waals surface area contributed by atoms with E-state index in [0.717, 1.165) is 24.0 Å². The third-order valence-electron chi connectivity index (χ3n) is 2.85. The number of amides is 1. The molecule has 0 radical (unpaired) electrons. The van der Waals surface area contributed by atoms with Gasteiger partial charge in [-0.25, -0.2) is 0 Å². The fourth-order valence-corrected chi connectivity index (χ4v) is 1.94. The molecule has 94 valence electrons. The molecule has 1 aromatic rings. The molecule has 17 heavy (non-hydrogen) atoms. The third kappa shape index (κ3) is 4.11. The number of pyridine rings is 1. The first kappa shape index (κ1) is 14.2. The average molecular weight is 299 g/mol. The predicted octanol–water partition coefficient (Wildman–Crippen LogP) is 3.35. The van der Waals surface area contributed by atoms with Gasteiger partial charge in [-0.15, -0.1) is 0 Å². The fourth-order valence-electron chi connectivity index (χ4n) is 1.57. The Morgan fingerprint density at radius 3 is 2.71 bits per heavy atom. The van der Waals surface area contributed by atoms with Crippen molar-refractivity contribution in [3.63, 3.8) is 0 Å². The van der Waals surface area contributed by atoms with E-state index in [9.17, 15) is 4.79 Å². The van der Waals surface area contributed by atoms with Gasteiger partial charge in [0.25, 0.3) is 5.91 Å². The first-order chi connectivity index (χ1) is 8.08. The van der Waals surface area contributed by atoms with Crippen LogP contribution in [0.25, 0.3) is 0 Å². The summed E-state index contributed by atoms with van der Waals surface area (Å²) in [5, 5.41) is 0. The minimum absolute atomic E-state index is 0.0570. The van der Waals surface area contributed by atoms with Crippen molar-refractivity contribution in [2.45, 2.75) is 27.2 Å². The molecule has 0 spiro atoms. The van der Waals surface area contributed by atoms with E-state index in [-0.39, 0.29) is 5.91 Å². The zero-order chi connectivity index (χ0) is 12.8. The molecular formula is C13H19BrN2O. The Bertz CT molecular complexity index is 381. The lowest BCUT2D eigenvalue weighted by atomic mass is 10.1. The molecule has 1 aromatic heterocycles. The lowest BCUT2D eigenvalue weighted by Gasteiger charge is -2.24. The maximum Gasteiger partial charge on any atom is 0.255 e. The Balaban J connectivity index is 2.79. The minimum Gasteiger partial charge on any atom is -0.339 e. The van der Waals surface area contributed by atoms with Gasteiger partial charge in [0, 0.05) is 30.0 Å². The van der Waals surface area contributed by atoms with Gasteiger partial charge in [-0.2, -0.15) is 0 Å². The van der Waals surface area contributed by atoms with Crippen LogP contribution in [0.15, 0.2) is 22.9 Å². The lowest BCUT2D eigenvalue weighted by molar-refractivity contribution is 0.0740. The summed E-state index contributed by atoms with van der Waals surface area (Å²) in [6, 6.07) is 1.81. The van der Waals surface area contributed by atoms with Crippen LogP contribution in [0, 0.1) is 5.92 Å². The van der Waals surface area contributed by atoms with Crippen molar-refractivity contribution in [3.05, 3.63) is 28.5 Å². The van der Waals surface area contributed by atoms with Gasteiger partial charge in [0.15, 0.2) is 0 Å². The van der Waals surface area contributed by atoms with E-state index in [0.29, 0.717) is 11.5 Å². The van der Waals surface area contributed by atoms with Crippen LogP contribution in [0.1, 0.15) is 37.6 Å². The summed E-state index contributed by atoms with van der Waals surface area (Å²) in [6.07, 6.45) is 4.38. The van der Waals surface area contributed by atoms with Gasteiger partial charge in [0.2, 0.25) is 0 Å². The molecule has 3 nitrogen and oxygen atoms in total. The quantitative estimate of drug-likeness (QED) is 0.835. The maximum absolute atomic E-state index is 12.2. The van der Waals surface area contributed by atoms with E-state index in [1.165, 1.54) is 0 Å². The van der Waals surface area contributed by atoms with Crippen molar-refractivity contribution >= 4 is 21.8 Å². The van der Waals surface area contributed by atoms with Gasteiger partial charge in [0.1, 0.15) is 0 Å². The highest BCUT2D eigenvalue weighted by Crippen LogP contribution is 2.13. The van der Waals surface area contributed by atoms with Crippen molar-refractivity contribution in [1.82, 2.24) is 9.88 Å². The lowest BCUT2D eigenvalue weighted by Crippen LogP contribution is -2.34. The van der Waals surface area contributed by atoms with Gasteiger partial charge in [-0.05, 0) is 34.8 Å². The van der Waals surface area contributed by atoms with Crippen molar-refractivity contribution in [2.75, 3.05) is 13.1 Å². The molecule has 0 aliphatic carbocycles. The summed E-state index contributed by atoms with van der Waals surface area (Å²) in [6.45, 7) is 7.85. The van der Waals surface area contributed by atoms with Crippen LogP contribution >= 0.6 is 15.9 Å². The van der Waals surface area contributed by atoms with Gasteiger partial charge in [0.05, 0.1) is 5.56 Å². The van der Waals surface area contributed by atoms with Crippen molar-refractivity contribution in [3.8, 4) is 0 Å². The molecule has 1 unspecified atom stereocenters. The fraction of sp³-hybridized carbons (Fsp3) is 0.538. The number of halogens is 1. The van der Waals surface area contributed by atoms with Crippen LogP contribution in [0.5, 0.6) is 0 Å². The number of carbonyl (C=O) groups is 1. The molecule has 0 saturated heterocycles. The SMILES string of the molecule is CCC(C)CN(CC)C(=O)c1cncc(Br)c1. The van der Waals surface area contributed by atoms with Crippen LogP contribution < -0.4 is 0 Å². The Hall–Kier alpha value is -0.900. The molecule has 4 heteroatoms. The number of nitrogens with zero attached hydrogens (tertiary/aromatic N) is 2.